The van der Waals surface area contributed by atoms with Gasteiger partial charge in [-0.05, 0) is 25.8 Å². The van der Waals surface area contributed by atoms with Crippen LogP contribution in [0, 0.1) is 0 Å². The van der Waals surface area contributed by atoms with Crippen LogP contribution in [0.2, 0.25) is 0 Å². The zero-order chi connectivity index (χ0) is 25.0. The summed E-state index contributed by atoms with van der Waals surface area (Å²) in [6.45, 7) is 2.87. The van der Waals surface area contributed by atoms with E-state index in [1.54, 1.807) is 17.9 Å². The molecule has 0 atom stereocenters. The molecule has 1 fully saturated rings. The molecule has 8 nitrogen and oxygen atoms in total. The molecule has 1 aromatic carbocycles. The first-order valence-corrected chi connectivity index (χ1v) is 11.8. The predicted molar refractivity (Wildman–Crippen MR) is 119 cm³/mol. The summed E-state index contributed by atoms with van der Waals surface area (Å²) in [7, 11) is 0. The third-order valence-corrected chi connectivity index (χ3v) is 6.51. The third-order valence-electron chi connectivity index (χ3n) is 5.51. The summed E-state index contributed by atoms with van der Waals surface area (Å²) in [6.07, 6.45) is -3.66. The normalized spacial score (nSPS) is 14.7. The van der Waals surface area contributed by atoms with Crippen molar-refractivity contribution in [2.45, 2.75) is 38.5 Å². The Balaban J connectivity index is 1.34. The predicted octanol–water partition coefficient (Wildman–Crippen LogP) is 4.82. The first-order chi connectivity index (χ1) is 16.7. The molecule has 0 bridgehead atoms. The second-order valence-corrected chi connectivity index (χ2v) is 8.74. The lowest BCUT2D eigenvalue weighted by atomic mass is 9.97. The third kappa shape index (κ3) is 6.18. The van der Waals surface area contributed by atoms with Crippen molar-refractivity contribution < 1.29 is 36.8 Å². The van der Waals surface area contributed by atoms with E-state index in [-0.39, 0.29) is 41.9 Å². The number of alkyl halides is 3. The summed E-state index contributed by atoms with van der Waals surface area (Å²) in [4.78, 5) is 30.8. The number of ether oxygens (including phenoxy) is 2. The lowest BCUT2D eigenvalue weighted by Crippen LogP contribution is -2.38. The Bertz CT molecular complexity index is 1190. The van der Waals surface area contributed by atoms with Crippen molar-refractivity contribution in [2.24, 2.45) is 0 Å². The second kappa shape index (κ2) is 10.5. The van der Waals surface area contributed by atoms with Crippen LogP contribution < -0.4 is 4.74 Å². The molecule has 1 saturated heterocycles. The van der Waals surface area contributed by atoms with E-state index < -0.39 is 12.3 Å². The molecule has 2 aromatic heterocycles. The highest BCUT2D eigenvalue weighted by Gasteiger charge is 2.33. The maximum Gasteiger partial charge on any atom is 0.573 e. The van der Waals surface area contributed by atoms with Crippen LogP contribution in [0.1, 0.15) is 46.7 Å². The molecule has 0 aliphatic carbocycles. The summed E-state index contributed by atoms with van der Waals surface area (Å²) >= 11 is 1.46. The largest absolute Gasteiger partial charge is 0.573 e. The Hall–Kier alpha value is -3.41. The molecule has 0 N–H and O–H groups in total. The van der Waals surface area contributed by atoms with E-state index in [9.17, 15) is 22.8 Å². The molecule has 0 spiro atoms. The van der Waals surface area contributed by atoms with Crippen molar-refractivity contribution in [1.29, 1.82) is 0 Å². The number of hydrogen-bond acceptors (Lipinski definition) is 8. The molecule has 12 heteroatoms. The van der Waals surface area contributed by atoms with Gasteiger partial charge in [0.1, 0.15) is 11.4 Å². The number of carbonyl (C=O) groups is 2. The number of para-hydroxylation sites is 1. The van der Waals surface area contributed by atoms with Gasteiger partial charge in [-0.25, -0.2) is 9.78 Å². The highest BCUT2D eigenvalue weighted by atomic mass is 32.1. The summed E-state index contributed by atoms with van der Waals surface area (Å²) < 4.78 is 52.1. The molecule has 4 rings (SSSR count). The molecule has 1 aliphatic rings. The zero-order valence-electron chi connectivity index (χ0n) is 18.7. The number of thiazole rings is 1. The lowest BCUT2D eigenvalue weighted by molar-refractivity contribution is -0.274. The van der Waals surface area contributed by atoms with Crippen molar-refractivity contribution in [2.75, 3.05) is 19.7 Å². The Labute approximate surface area is 202 Å². The first kappa shape index (κ1) is 24.7. The van der Waals surface area contributed by atoms with E-state index in [2.05, 4.69) is 14.9 Å². The van der Waals surface area contributed by atoms with Crippen LogP contribution in [0.4, 0.5) is 13.2 Å². The van der Waals surface area contributed by atoms with Crippen molar-refractivity contribution in [3.05, 3.63) is 52.0 Å². The molecule has 0 unspecified atom stereocenters. The molecule has 1 aliphatic heterocycles. The fraction of sp³-hybridized carbons (Fsp3) is 0.391. The molecule has 3 heterocycles. The van der Waals surface area contributed by atoms with E-state index in [0.29, 0.717) is 37.4 Å². The molecule has 186 valence electrons. The Morgan fingerprint density at radius 1 is 1.23 bits per heavy atom. The molecule has 35 heavy (non-hydrogen) atoms. The van der Waals surface area contributed by atoms with Crippen LogP contribution in [0.15, 0.2) is 40.2 Å². The number of rotatable bonds is 7. The number of carbonyl (C=O) groups excluding carboxylic acids is 2. The maximum absolute atomic E-state index is 12.7. The van der Waals surface area contributed by atoms with Crippen LogP contribution in [0.25, 0.3) is 11.5 Å². The number of aromatic nitrogens is 2. The Morgan fingerprint density at radius 3 is 2.69 bits per heavy atom. The quantitative estimate of drug-likeness (QED) is 0.422. The van der Waals surface area contributed by atoms with Crippen molar-refractivity contribution in [1.82, 2.24) is 15.0 Å². The number of halogens is 3. The van der Waals surface area contributed by atoms with Gasteiger partial charge in [-0.3, -0.25) is 4.79 Å². The van der Waals surface area contributed by atoms with Crippen molar-refractivity contribution >= 4 is 23.2 Å². The summed E-state index contributed by atoms with van der Waals surface area (Å²) in [6, 6.07) is 7.15. The fourth-order valence-electron chi connectivity index (χ4n) is 3.81. The number of esters is 1. The number of hydrogen-bond donors (Lipinski definition) is 0. The van der Waals surface area contributed by atoms with Crippen molar-refractivity contribution in [3.63, 3.8) is 0 Å². The van der Waals surface area contributed by atoms with E-state index in [1.807, 2.05) is 5.38 Å². The second-order valence-electron chi connectivity index (χ2n) is 7.86. The van der Waals surface area contributed by atoms with Crippen LogP contribution in [-0.2, 0) is 16.0 Å². The smallest absolute Gasteiger partial charge is 0.461 e. The van der Waals surface area contributed by atoms with Crippen LogP contribution in [-0.4, -0.2) is 53.0 Å². The fourth-order valence-corrected chi connectivity index (χ4v) is 4.79. The number of nitrogens with zero attached hydrogens (tertiary/aromatic N) is 3. The average Bonchev–Trinajstić information content (AvgIpc) is 3.50. The van der Waals surface area contributed by atoms with Gasteiger partial charge in [-0.15, -0.1) is 24.5 Å². The highest BCUT2D eigenvalue weighted by Crippen LogP contribution is 2.34. The highest BCUT2D eigenvalue weighted by molar-refractivity contribution is 7.10. The maximum atomic E-state index is 12.7. The van der Waals surface area contributed by atoms with E-state index >= 15 is 0 Å². The summed E-state index contributed by atoms with van der Waals surface area (Å²) in [5.74, 6) is -0.691. The van der Waals surface area contributed by atoms with Gasteiger partial charge in [-0.2, -0.15) is 0 Å². The van der Waals surface area contributed by atoms with Crippen LogP contribution >= 0.6 is 11.3 Å². The standard InChI is InChI=1S/C23H22F3N3O5S/c1-2-32-22(31)16-12-19(34-28-16)17-13-35-21(27-17)14-7-9-29(10-8-14)20(30)11-15-5-3-4-6-18(15)33-23(24,25)26/h3-6,12-14H,2,7-11H2,1H3. The molecular weight excluding hydrogens is 487 g/mol. The number of piperidine rings is 1. The molecular formula is C23H22F3N3O5S. The van der Waals surface area contributed by atoms with Gasteiger partial charge in [0.25, 0.3) is 0 Å². The molecule has 0 saturated carbocycles. The molecule has 1 amide bonds. The zero-order valence-corrected chi connectivity index (χ0v) is 19.5. The molecule has 0 radical (unpaired) electrons. The lowest BCUT2D eigenvalue weighted by Gasteiger charge is -2.31. The Kier molecular flexibility index (Phi) is 7.39. The summed E-state index contributed by atoms with van der Waals surface area (Å²) in [5, 5.41) is 6.42. The summed E-state index contributed by atoms with van der Waals surface area (Å²) in [5.41, 5.74) is 0.828. The first-order valence-electron chi connectivity index (χ1n) is 10.9. The van der Waals surface area contributed by atoms with E-state index in [1.165, 1.54) is 35.6 Å². The minimum atomic E-state index is -4.82. The van der Waals surface area contributed by atoms with E-state index in [0.717, 1.165) is 5.01 Å². The molecule has 3 aromatic rings. The number of likely N-dealkylation sites (tertiary alicyclic amines) is 1. The topological polar surface area (TPSA) is 94.8 Å². The van der Waals surface area contributed by atoms with Gasteiger partial charge in [-0.1, -0.05) is 23.4 Å². The van der Waals surface area contributed by atoms with Gasteiger partial charge in [0, 0.05) is 36.0 Å². The van der Waals surface area contributed by atoms with Crippen molar-refractivity contribution in [3.8, 4) is 17.2 Å². The van der Waals surface area contributed by atoms with Gasteiger partial charge >= 0.3 is 12.3 Å². The monoisotopic (exact) mass is 509 g/mol. The van der Waals surface area contributed by atoms with Gasteiger partial charge in [0.2, 0.25) is 5.91 Å². The van der Waals surface area contributed by atoms with Gasteiger partial charge < -0.3 is 18.9 Å². The minimum absolute atomic E-state index is 0.0745. The SMILES string of the molecule is CCOC(=O)c1cc(-c2csc(C3CCN(C(=O)Cc4ccccc4OC(F)(F)F)CC3)n2)on1. The van der Waals surface area contributed by atoms with Crippen LogP contribution in [0.3, 0.4) is 0 Å². The minimum Gasteiger partial charge on any atom is -0.461 e. The van der Waals surface area contributed by atoms with E-state index in [4.69, 9.17) is 9.26 Å². The number of benzene rings is 1. The Morgan fingerprint density at radius 2 is 1.97 bits per heavy atom. The van der Waals surface area contributed by atoms with Gasteiger partial charge in [0.05, 0.1) is 18.0 Å². The van der Waals surface area contributed by atoms with Crippen LogP contribution in [0.5, 0.6) is 5.75 Å². The number of amides is 1. The van der Waals surface area contributed by atoms with Gasteiger partial charge in [0.15, 0.2) is 11.5 Å². The average molecular weight is 510 g/mol.